The van der Waals surface area contributed by atoms with E-state index >= 15 is 0 Å². The number of benzene rings is 1. The molecule has 1 aliphatic heterocycles. The predicted octanol–water partition coefficient (Wildman–Crippen LogP) is 5.42. The molecule has 2 aromatic heterocycles. The first-order valence-corrected chi connectivity index (χ1v) is 15.6. The van der Waals surface area contributed by atoms with E-state index in [0.29, 0.717) is 24.3 Å². The van der Waals surface area contributed by atoms with Crippen molar-refractivity contribution in [1.82, 2.24) is 14.0 Å². The predicted molar refractivity (Wildman–Crippen MR) is 132 cm³/mol. The topological polar surface area (TPSA) is 56.5 Å². The van der Waals surface area contributed by atoms with Gasteiger partial charge >= 0.3 is 6.18 Å². The van der Waals surface area contributed by atoms with E-state index in [1.54, 1.807) is 4.57 Å². The van der Waals surface area contributed by atoms with Crippen LogP contribution in [-0.4, -0.2) is 53.6 Å². The molecule has 0 N–H and O–H groups in total. The zero-order chi connectivity index (χ0) is 28.0. The van der Waals surface area contributed by atoms with E-state index in [4.69, 9.17) is 4.74 Å². The van der Waals surface area contributed by atoms with Crippen molar-refractivity contribution in [1.29, 1.82) is 0 Å². The number of rotatable bonds is 8. The van der Waals surface area contributed by atoms with Gasteiger partial charge in [0.1, 0.15) is 19.1 Å². The van der Waals surface area contributed by atoms with Crippen LogP contribution in [0.1, 0.15) is 5.56 Å². The molecular formula is C25H27F6N3O3Si. The Hall–Kier alpha value is -3.06. The van der Waals surface area contributed by atoms with E-state index in [0.717, 1.165) is 21.6 Å². The van der Waals surface area contributed by atoms with Gasteiger partial charge in [-0.15, -0.1) is 0 Å². The first-order valence-electron chi connectivity index (χ1n) is 11.9. The number of alkyl halides is 5. The lowest BCUT2D eigenvalue weighted by Crippen LogP contribution is -2.59. The lowest BCUT2D eigenvalue weighted by molar-refractivity contribution is -0.166. The van der Waals surface area contributed by atoms with E-state index in [1.807, 2.05) is 0 Å². The highest BCUT2D eigenvalue weighted by Gasteiger charge is 2.46. The maximum absolute atomic E-state index is 14.0. The number of halogens is 6. The number of hydrogen-bond donors (Lipinski definition) is 0. The number of carbonyl (C=O) groups excluding carboxylic acids is 1. The molecule has 0 atom stereocenters. The molecule has 1 amide bonds. The number of hydrogen-bond acceptors (Lipinski definition) is 3. The molecule has 3 aromatic rings. The van der Waals surface area contributed by atoms with Gasteiger partial charge in [0.05, 0.1) is 29.6 Å². The number of fused-ring (bicyclic) bond motifs is 1. The second-order valence-electron chi connectivity index (χ2n) is 10.7. The number of ether oxygens (including phenoxy) is 1. The van der Waals surface area contributed by atoms with E-state index < -0.39 is 62.7 Å². The summed E-state index contributed by atoms with van der Waals surface area (Å²) in [4.78, 5) is 26.8. The average molecular weight is 560 g/mol. The molecule has 1 aromatic carbocycles. The summed E-state index contributed by atoms with van der Waals surface area (Å²) in [5.74, 6) is -5.10. The van der Waals surface area contributed by atoms with Crippen molar-refractivity contribution in [2.45, 2.75) is 51.1 Å². The number of pyridine rings is 1. The summed E-state index contributed by atoms with van der Waals surface area (Å²) >= 11 is 0. The Kier molecular flexibility index (Phi) is 7.29. The average Bonchev–Trinajstić information content (AvgIpc) is 3.15. The summed E-state index contributed by atoms with van der Waals surface area (Å²) < 4.78 is 88.9. The molecule has 0 radical (unpaired) electrons. The second kappa shape index (κ2) is 9.91. The fraction of sp³-hybridized carbons (Fsp3) is 0.440. The molecule has 1 saturated heterocycles. The maximum Gasteiger partial charge on any atom is 0.419 e. The van der Waals surface area contributed by atoms with Crippen LogP contribution in [0.5, 0.6) is 0 Å². The normalized spacial score (nSPS) is 15.7. The first kappa shape index (κ1) is 28.0. The molecule has 0 unspecified atom stereocenters. The van der Waals surface area contributed by atoms with Crippen molar-refractivity contribution in [2.24, 2.45) is 0 Å². The van der Waals surface area contributed by atoms with E-state index in [-0.39, 0.29) is 23.2 Å². The minimum absolute atomic E-state index is 0.00256. The summed E-state index contributed by atoms with van der Waals surface area (Å²) in [5.41, 5.74) is -1.78. The Morgan fingerprint density at radius 2 is 1.79 bits per heavy atom. The zero-order valence-corrected chi connectivity index (χ0v) is 22.0. The van der Waals surface area contributed by atoms with Gasteiger partial charge in [-0.3, -0.25) is 9.59 Å². The van der Waals surface area contributed by atoms with Crippen molar-refractivity contribution < 1.29 is 35.9 Å². The minimum Gasteiger partial charge on any atom is -0.361 e. The molecule has 1 aliphatic rings. The maximum atomic E-state index is 14.0. The SMILES string of the molecule is C[Si](C)(C)CCOCn1cc(-c2ccc(F)c(C(F)(F)F)c2)c2c(=O)n(CC(=O)N3CC(F)(F)C3)ccc21. The van der Waals surface area contributed by atoms with Crippen LogP contribution in [0.15, 0.2) is 41.5 Å². The van der Waals surface area contributed by atoms with Gasteiger partial charge in [-0.2, -0.15) is 13.2 Å². The minimum atomic E-state index is -4.95. The van der Waals surface area contributed by atoms with Crippen LogP contribution in [0.4, 0.5) is 26.3 Å². The summed E-state index contributed by atoms with van der Waals surface area (Å²) in [5, 5.41) is 0.00256. The van der Waals surface area contributed by atoms with Crippen molar-refractivity contribution in [3.63, 3.8) is 0 Å². The van der Waals surface area contributed by atoms with E-state index in [1.165, 1.54) is 18.5 Å². The van der Waals surface area contributed by atoms with E-state index in [9.17, 15) is 35.9 Å². The summed E-state index contributed by atoms with van der Waals surface area (Å²) in [6.45, 7) is 5.00. The van der Waals surface area contributed by atoms with Gasteiger partial charge in [0.25, 0.3) is 11.5 Å². The zero-order valence-electron chi connectivity index (χ0n) is 21.0. The summed E-state index contributed by atoms with van der Waals surface area (Å²) in [6, 6.07) is 4.83. The van der Waals surface area contributed by atoms with Gasteiger partial charge in [0.2, 0.25) is 5.91 Å². The van der Waals surface area contributed by atoms with Gasteiger partial charge < -0.3 is 18.8 Å². The van der Waals surface area contributed by atoms with Gasteiger partial charge in [0, 0.05) is 32.6 Å². The summed E-state index contributed by atoms with van der Waals surface area (Å²) in [7, 11) is -1.39. The monoisotopic (exact) mass is 559 g/mol. The van der Waals surface area contributed by atoms with Gasteiger partial charge in [-0.25, -0.2) is 13.2 Å². The van der Waals surface area contributed by atoms with E-state index in [2.05, 4.69) is 19.6 Å². The Morgan fingerprint density at radius 3 is 2.39 bits per heavy atom. The molecule has 38 heavy (non-hydrogen) atoms. The van der Waals surface area contributed by atoms with Crippen LogP contribution in [0.25, 0.3) is 22.0 Å². The molecule has 4 rings (SSSR count). The van der Waals surface area contributed by atoms with Crippen LogP contribution in [0.2, 0.25) is 25.7 Å². The largest absolute Gasteiger partial charge is 0.419 e. The standard InChI is InChI=1S/C25H27F6N3O3Si/c1-38(2,3)9-8-37-15-33-11-17(16-4-5-19(26)18(10-16)25(29,30)31)22-20(33)6-7-32(23(22)36)12-21(35)34-13-24(27,28)14-34/h4-7,10-11H,8-9,12-15H2,1-3H3. The number of aromatic nitrogens is 2. The van der Waals surface area contributed by atoms with Crippen molar-refractivity contribution in [3.8, 4) is 11.1 Å². The van der Waals surface area contributed by atoms with Crippen LogP contribution in [-0.2, 0) is 29.0 Å². The quantitative estimate of drug-likeness (QED) is 0.211. The highest BCUT2D eigenvalue weighted by molar-refractivity contribution is 6.76. The second-order valence-corrected chi connectivity index (χ2v) is 16.3. The number of likely N-dealkylation sites (tertiary alicyclic amines) is 1. The van der Waals surface area contributed by atoms with Crippen molar-refractivity contribution in [3.05, 3.63) is 58.4 Å². The van der Waals surface area contributed by atoms with Gasteiger partial charge in [-0.05, 0) is 29.8 Å². The third-order valence-corrected chi connectivity index (χ3v) is 8.02. The van der Waals surface area contributed by atoms with Crippen LogP contribution in [0.3, 0.4) is 0 Å². The molecule has 0 bridgehead atoms. The number of carbonyl (C=O) groups is 1. The lowest BCUT2D eigenvalue weighted by Gasteiger charge is -2.38. The van der Waals surface area contributed by atoms with Crippen LogP contribution in [0, 0.1) is 5.82 Å². The first-order chi connectivity index (χ1) is 17.6. The van der Waals surface area contributed by atoms with Crippen LogP contribution >= 0.6 is 0 Å². The molecule has 6 nitrogen and oxygen atoms in total. The fourth-order valence-corrected chi connectivity index (χ4v) is 4.94. The molecule has 1 fully saturated rings. The number of amides is 1. The van der Waals surface area contributed by atoms with Crippen molar-refractivity contribution in [2.75, 3.05) is 19.7 Å². The molecule has 13 heteroatoms. The molecule has 3 heterocycles. The third-order valence-electron chi connectivity index (χ3n) is 6.32. The summed E-state index contributed by atoms with van der Waals surface area (Å²) in [6.07, 6.45) is -2.17. The van der Waals surface area contributed by atoms with Gasteiger partial charge in [-0.1, -0.05) is 25.7 Å². The van der Waals surface area contributed by atoms with Gasteiger partial charge in [0.15, 0.2) is 0 Å². The Balaban J connectivity index is 1.75. The Morgan fingerprint density at radius 1 is 1.11 bits per heavy atom. The molecule has 0 spiro atoms. The molecule has 0 aliphatic carbocycles. The van der Waals surface area contributed by atoms with Crippen molar-refractivity contribution >= 4 is 24.9 Å². The Bertz CT molecular complexity index is 1420. The molecule has 0 saturated carbocycles. The Labute approximate surface area is 215 Å². The smallest absolute Gasteiger partial charge is 0.361 e. The highest BCUT2D eigenvalue weighted by atomic mass is 28.3. The molecular weight excluding hydrogens is 532 g/mol. The fourth-order valence-electron chi connectivity index (χ4n) is 4.18. The molecule has 206 valence electrons. The number of nitrogens with zero attached hydrogens (tertiary/aromatic N) is 3. The third kappa shape index (κ3) is 5.98. The lowest BCUT2D eigenvalue weighted by atomic mass is 10.0. The highest BCUT2D eigenvalue weighted by Crippen LogP contribution is 2.36. The van der Waals surface area contributed by atoms with Crippen LogP contribution < -0.4 is 5.56 Å².